The maximum absolute atomic E-state index is 12.3. The minimum absolute atomic E-state index is 0.0119. The lowest BCUT2D eigenvalue weighted by molar-refractivity contribution is -0.386. The molecule has 2 atom stereocenters. The zero-order chi connectivity index (χ0) is 17.3. The molecule has 1 saturated heterocycles. The molecule has 3 rings (SSSR count). The first-order valence-corrected chi connectivity index (χ1v) is 8.17. The predicted octanol–water partition coefficient (Wildman–Crippen LogP) is 2.46. The summed E-state index contributed by atoms with van der Waals surface area (Å²) in [4.78, 5) is 36.6. The Hall–Kier alpha value is -2.44. The van der Waals surface area contributed by atoms with Crippen molar-refractivity contribution in [1.82, 2.24) is 4.90 Å². The molecule has 0 radical (unpaired) electrons. The highest BCUT2D eigenvalue weighted by Gasteiger charge is 2.38. The number of nitro groups is 1. The molecule has 1 heterocycles. The van der Waals surface area contributed by atoms with Crippen molar-refractivity contribution in [2.45, 2.75) is 32.3 Å². The first kappa shape index (κ1) is 16.4. The second-order valence-electron chi connectivity index (χ2n) is 6.54. The van der Waals surface area contributed by atoms with Gasteiger partial charge in [-0.1, -0.05) is 12.1 Å². The number of amides is 1. The molecular weight excluding hydrogens is 312 g/mol. The molecule has 2 fully saturated rings. The summed E-state index contributed by atoms with van der Waals surface area (Å²) in [6.45, 7) is 2.72. The molecule has 0 unspecified atom stereocenters. The molecule has 1 aromatic carbocycles. The smallest absolute Gasteiger partial charge is 0.311 e. The highest BCUT2D eigenvalue weighted by atomic mass is 16.6. The zero-order valence-electron chi connectivity index (χ0n) is 13.5. The Balaban J connectivity index is 1.62. The van der Waals surface area contributed by atoms with E-state index in [1.165, 1.54) is 6.07 Å². The second-order valence-corrected chi connectivity index (χ2v) is 6.54. The van der Waals surface area contributed by atoms with Crippen LogP contribution in [0.5, 0.6) is 0 Å². The molecule has 2 aliphatic rings. The topological polar surface area (TPSA) is 89.8 Å². The summed E-state index contributed by atoms with van der Waals surface area (Å²) in [7, 11) is 0. The molecule has 1 aliphatic carbocycles. The highest BCUT2D eigenvalue weighted by Crippen LogP contribution is 2.33. The van der Waals surface area contributed by atoms with Crippen molar-refractivity contribution >= 4 is 17.6 Å². The molecular formula is C17H20N2O5. The van der Waals surface area contributed by atoms with Gasteiger partial charge in [-0.25, -0.2) is 0 Å². The van der Waals surface area contributed by atoms with Gasteiger partial charge < -0.3 is 9.64 Å². The van der Waals surface area contributed by atoms with Crippen LogP contribution in [0.3, 0.4) is 0 Å². The SMILES string of the molecule is C[C@H](OC(=O)[C@@H]1CC(=O)N(CC2CC2)C1)c1ccccc1[N+](=O)[O-]. The van der Waals surface area contributed by atoms with Gasteiger partial charge in [0.15, 0.2) is 0 Å². The summed E-state index contributed by atoms with van der Waals surface area (Å²) in [6.07, 6.45) is 1.72. The molecule has 0 bridgehead atoms. The number of esters is 1. The zero-order valence-corrected chi connectivity index (χ0v) is 13.5. The third kappa shape index (κ3) is 3.55. The first-order valence-electron chi connectivity index (χ1n) is 8.17. The minimum atomic E-state index is -0.730. The van der Waals surface area contributed by atoms with Crippen molar-refractivity contribution in [2.24, 2.45) is 11.8 Å². The maximum Gasteiger partial charge on any atom is 0.311 e. The van der Waals surface area contributed by atoms with Crippen LogP contribution in [0.25, 0.3) is 0 Å². The standard InChI is InChI=1S/C17H20N2O5/c1-11(14-4-2-3-5-15(14)19(22)23)24-17(21)13-8-16(20)18(10-13)9-12-6-7-12/h2-5,11-13H,6-10H2,1H3/t11-,13+/m0/s1. The Morgan fingerprint density at radius 2 is 2.12 bits per heavy atom. The number of nitrogens with zero attached hydrogens (tertiary/aromatic N) is 2. The fraction of sp³-hybridized carbons (Fsp3) is 0.529. The van der Waals surface area contributed by atoms with E-state index in [9.17, 15) is 19.7 Å². The van der Waals surface area contributed by atoms with E-state index < -0.39 is 22.9 Å². The third-order valence-electron chi connectivity index (χ3n) is 4.59. The summed E-state index contributed by atoms with van der Waals surface area (Å²) in [5.41, 5.74) is 0.283. The second kappa shape index (κ2) is 6.59. The minimum Gasteiger partial charge on any atom is -0.457 e. The number of para-hydroxylation sites is 1. The molecule has 1 amide bonds. The average Bonchev–Trinajstić information content (AvgIpc) is 3.29. The average molecular weight is 332 g/mol. The van der Waals surface area contributed by atoms with Gasteiger partial charge in [-0.05, 0) is 31.7 Å². The van der Waals surface area contributed by atoms with Crippen molar-refractivity contribution in [1.29, 1.82) is 0 Å². The number of carbonyl (C=O) groups is 2. The van der Waals surface area contributed by atoms with Crippen molar-refractivity contribution in [3.05, 3.63) is 39.9 Å². The van der Waals surface area contributed by atoms with Crippen LogP contribution in [0.4, 0.5) is 5.69 Å². The van der Waals surface area contributed by atoms with Gasteiger partial charge in [0, 0.05) is 25.6 Å². The van der Waals surface area contributed by atoms with Gasteiger partial charge in [-0.15, -0.1) is 0 Å². The van der Waals surface area contributed by atoms with Gasteiger partial charge in [-0.3, -0.25) is 19.7 Å². The van der Waals surface area contributed by atoms with Gasteiger partial charge in [0.05, 0.1) is 16.4 Å². The van der Waals surface area contributed by atoms with Crippen LogP contribution in [0.2, 0.25) is 0 Å². The Bertz CT molecular complexity index is 671. The molecule has 24 heavy (non-hydrogen) atoms. The molecule has 7 nitrogen and oxygen atoms in total. The lowest BCUT2D eigenvalue weighted by atomic mass is 10.1. The Morgan fingerprint density at radius 1 is 1.42 bits per heavy atom. The van der Waals surface area contributed by atoms with E-state index in [1.807, 2.05) is 0 Å². The fourth-order valence-electron chi connectivity index (χ4n) is 3.05. The predicted molar refractivity (Wildman–Crippen MR) is 85.0 cm³/mol. The lowest BCUT2D eigenvalue weighted by Gasteiger charge is -2.18. The van der Waals surface area contributed by atoms with E-state index in [4.69, 9.17) is 4.74 Å². The van der Waals surface area contributed by atoms with Gasteiger partial charge in [0.25, 0.3) is 5.69 Å². The van der Waals surface area contributed by atoms with Crippen molar-refractivity contribution in [3.63, 3.8) is 0 Å². The van der Waals surface area contributed by atoms with Crippen LogP contribution >= 0.6 is 0 Å². The maximum atomic E-state index is 12.3. The number of rotatable bonds is 6. The number of benzene rings is 1. The van der Waals surface area contributed by atoms with Crippen molar-refractivity contribution in [3.8, 4) is 0 Å². The Labute approximate surface area is 139 Å². The van der Waals surface area contributed by atoms with Crippen LogP contribution in [0, 0.1) is 22.0 Å². The molecule has 0 spiro atoms. The van der Waals surface area contributed by atoms with Crippen molar-refractivity contribution < 1.29 is 19.2 Å². The van der Waals surface area contributed by atoms with Crippen LogP contribution < -0.4 is 0 Å². The number of likely N-dealkylation sites (tertiary alicyclic amines) is 1. The Morgan fingerprint density at radius 3 is 2.79 bits per heavy atom. The summed E-state index contributed by atoms with van der Waals surface area (Å²) < 4.78 is 5.41. The first-order chi connectivity index (χ1) is 11.5. The number of hydrogen-bond donors (Lipinski definition) is 0. The molecule has 7 heteroatoms. The normalized spacial score (nSPS) is 21.6. The van der Waals surface area contributed by atoms with Gasteiger partial charge in [0.2, 0.25) is 5.91 Å². The third-order valence-corrected chi connectivity index (χ3v) is 4.59. The van der Waals surface area contributed by atoms with Crippen molar-refractivity contribution in [2.75, 3.05) is 13.1 Å². The van der Waals surface area contributed by atoms with Crippen LogP contribution in [-0.2, 0) is 14.3 Å². The largest absolute Gasteiger partial charge is 0.457 e. The number of carbonyl (C=O) groups excluding carboxylic acids is 2. The van der Waals surface area contributed by atoms with E-state index in [0.29, 0.717) is 18.0 Å². The summed E-state index contributed by atoms with van der Waals surface area (Å²) in [5, 5.41) is 11.1. The molecule has 0 aromatic heterocycles. The fourth-order valence-corrected chi connectivity index (χ4v) is 3.05. The Kier molecular flexibility index (Phi) is 4.51. The van der Waals surface area contributed by atoms with Gasteiger partial charge in [0.1, 0.15) is 6.10 Å². The van der Waals surface area contributed by atoms with Gasteiger partial charge in [-0.2, -0.15) is 0 Å². The molecule has 1 saturated carbocycles. The summed E-state index contributed by atoms with van der Waals surface area (Å²) in [6, 6.07) is 6.20. The number of ether oxygens (including phenoxy) is 1. The van der Waals surface area contributed by atoms with Crippen LogP contribution in [-0.4, -0.2) is 34.8 Å². The number of nitro benzene ring substituents is 1. The van der Waals surface area contributed by atoms with Crippen LogP contribution in [0.1, 0.15) is 37.9 Å². The van der Waals surface area contributed by atoms with E-state index in [-0.39, 0.29) is 18.0 Å². The summed E-state index contributed by atoms with van der Waals surface area (Å²) >= 11 is 0. The molecule has 128 valence electrons. The molecule has 1 aromatic rings. The highest BCUT2D eigenvalue weighted by molar-refractivity contribution is 5.87. The van der Waals surface area contributed by atoms with E-state index in [0.717, 1.165) is 19.4 Å². The van der Waals surface area contributed by atoms with E-state index in [1.54, 1.807) is 30.0 Å². The lowest BCUT2D eigenvalue weighted by Crippen LogP contribution is -2.29. The van der Waals surface area contributed by atoms with Gasteiger partial charge >= 0.3 is 5.97 Å². The molecule has 1 aliphatic heterocycles. The monoisotopic (exact) mass is 332 g/mol. The quantitative estimate of drug-likeness (QED) is 0.453. The molecule has 0 N–H and O–H groups in total. The van der Waals surface area contributed by atoms with E-state index in [2.05, 4.69) is 0 Å². The number of hydrogen-bond acceptors (Lipinski definition) is 5. The van der Waals surface area contributed by atoms with E-state index >= 15 is 0 Å². The van der Waals surface area contributed by atoms with Crippen LogP contribution in [0.15, 0.2) is 24.3 Å². The summed E-state index contributed by atoms with van der Waals surface area (Å²) in [5.74, 6) is -0.384.